The first-order chi connectivity index (χ1) is 7.17. The zero-order chi connectivity index (χ0) is 10.9. The lowest BCUT2D eigenvalue weighted by Crippen LogP contribution is -2.35. The van der Waals surface area contributed by atoms with E-state index >= 15 is 0 Å². The summed E-state index contributed by atoms with van der Waals surface area (Å²) in [6.07, 6.45) is 5.80. The van der Waals surface area contributed by atoms with E-state index in [0.29, 0.717) is 13.2 Å². The van der Waals surface area contributed by atoms with Gasteiger partial charge in [-0.05, 0) is 24.7 Å². The third-order valence-electron chi connectivity index (χ3n) is 3.19. The average molecular weight is 209 g/mol. The predicted octanol–water partition coefficient (Wildman–Crippen LogP) is 0.728. The number of carbonyl (C=O) groups is 2. The van der Waals surface area contributed by atoms with Crippen molar-refractivity contribution in [2.75, 3.05) is 20.3 Å². The van der Waals surface area contributed by atoms with Crippen LogP contribution in [0, 0.1) is 5.41 Å². The summed E-state index contributed by atoms with van der Waals surface area (Å²) in [5.41, 5.74) is 0.146. The molecule has 0 saturated heterocycles. The van der Waals surface area contributed by atoms with Gasteiger partial charge in [0.25, 0.3) is 11.8 Å². The van der Waals surface area contributed by atoms with Gasteiger partial charge in [0.05, 0.1) is 0 Å². The highest BCUT2D eigenvalue weighted by Crippen LogP contribution is 2.49. The molecule has 0 aromatic heterocycles. The van der Waals surface area contributed by atoms with Crippen molar-refractivity contribution in [3.05, 3.63) is 12.2 Å². The highest BCUT2D eigenvalue weighted by Gasteiger charge is 2.45. The molecule has 2 amide bonds. The molecule has 0 spiro atoms. The van der Waals surface area contributed by atoms with Crippen LogP contribution in [0.5, 0.6) is 0 Å². The van der Waals surface area contributed by atoms with E-state index in [2.05, 4.69) is 0 Å². The topological polar surface area (TPSA) is 46.6 Å². The Bertz CT molecular complexity index is 300. The van der Waals surface area contributed by atoms with Crippen LogP contribution in [-0.2, 0) is 14.3 Å². The van der Waals surface area contributed by atoms with Crippen LogP contribution >= 0.6 is 0 Å². The number of hydrogen-bond acceptors (Lipinski definition) is 3. The van der Waals surface area contributed by atoms with Gasteiger partial charge >= 0.3 is 0 Å². The summed E-state index contributed by atoms with van der Waals surface area (Å²) in [5.74, 6) is -0.354. The van der Waals surface area contributed by atoms with E-state index in [0.717, 1.165) is 19.3 Å². The summed E-state index contributed by atoms with van der Waals surface area (Å²) in [4.78, 5) is 24.0. The van der Waals surface area contributed by atoms with Gasteiger partial charge in [-0.1, -0.05) is 0 Å². The molecule has 0 aromatic rings. The molecule has 0 unspecified atom stereocenters. The molecule has 4 nitrogen and oxygen atoms in total. The minimum Gasteiger partial charge on any atom is -0.385 e. The number of carbonyl (C=O) groups excluding carboxylic acids is 2. The number of imide groups is 1. The van der Waals surface area contributed by atoms with Crippen molar-refractivity contribution in [1.29, 1.82) is 0 Å². The molecular formula is C11H15NO3. The lowest BCUT2D eigenvalue weighted by molar-refractivity contribution is -0.137. The Balaban J connectivity index is 1.91. The smallest absolute Gasteiger partial charge is 0.253 e. The van der Waals surface area contributed by atoms with Gasteiger partial charge in [-0.3, -0.25) is 14.5 Å². The zero-order valence-corrected chi connectivity index (χ0v) is 8.86. The van der Waals surface area contributed by atoms with Crippen LogP contribution < -0.4 is 0 Å². The Morgan fingerprint density at radius 3 is 2.40 bits per heavy atom. The third-order valence-corrected chi connectivity index (χ3v) is 3.19. The molecule has 2 aliphatic rings. The number of ether oxygens (including phenoxy) is 1. The molecule has 1 aliphatic carbocycles. The fraction of sp³-hybridized carbons (Fsp3) is 0.636. The number of rotatable bonds is 5. The minimum absolute atomic E-state index is 0.146. The van der Waals surface area contributed by atoms with Crippen molar-refractivity contribution < 1.29 is 14.3 Å². The Labute approximate surface area is 88.9 Å². The molecule has 15 heavy (non-hydrogen) atoms. The first kappa shape index (κ1) is 10.4. The maximum absolute atomic E-state index is 11.4. The summed E-state index contributed by atoms with van der Waals surface area (Å²) in [6, 6.07) is 0. The fourth-order valence-electron chi connectivity index (χ4n) is 1.90. The summed E-state index contributed by atoms with van der Waals surface area (Å²) >= 11 is 0. The molecule has 0 radical (unpaired) electrons. The second-order valence-corrected chi connectivity index (χ2v) is 4.34. The number of nitrogens with zero attached hydrogens (tertiary/aromatic N) is 1. The van der Waals surface area contributed by atoms with Crippen LogP contribution in [0.3, 0.4) is 0 Å². The van der Waals surface area contributed by atoms with Crippen LogP contribution in [0.25, 0.3) is 0 Å². The fourth-order valence-corrected chi connectivity index (χ4v) is 1.90. The van der Waals surface area contributed by atoms with Crippen LogP contribution in [0.2, 0.25) is 0 Å². The largest absolute Gasteiger partial charge is 0.385 e. The molecule has 1 aliphatic heterocycles. The quantitative estimate of drug-likeness (QED) is 0.627. The first-order valence-corrected chi connectivity index (χ1v) is 5.19. The van der Waals surface area contributed by atoms with Gasteiger partial charge in [0, 0.05) is 32.4 Å². The summed E-state index contributed by atoms with van der Waals surface area (Å²) in [7, 11) is 1.67. The Morgan fingerprint density at radius 1 is 1.33 bits per heavy atom. The van der Waals surface area contributed by atoms with Crippen molar-refractivity contribution in [2.24, 2.45) is 5.41 Å². The SMILES string of the molecule is COCCC1(CN2C(=O)C=CC2=O)CC1. The third kappa shape index (κ3) is 2.09. The summed E-state index contributed by atoms with van der Waals surface area (Å²) in [6.45, 7) is 1.25. The molecule has 0 aromatic carbocycles. The average Bonchev–Trinajstić information content (AvgIpc) is 2.93. The first-order valence-electron chi connectivity index (χ1n) is 5.19. The lowest BCUT2D eigenvalue weighted by atomic mass is 10.0. The van der Waals surface area contributed by atoms with E-state index in [1.807, 2.05) is 0 Å². The Morgan fingerprint density at radius 2 is 1.93 bits per heavy atom. The van der Waals surface area contributed by atoms with Gasteiger partial charge in [0.15, 0.2) is 0 Å². The van der Waals surface area contributed by atoms with Crippen molar-refractivity contribution in [3.8, 4) is 0 Å². The van der Waals surface area contributed by atoms with Crippen molar-refractivity contribution in [3.63, 3.8) is 0 Å². The molecular weight excluding hydrogens is 194 g/mol. The zero-order valence-electron chi connectivity index (χ0n) is 8.86. The monoisotopic (exact) mass is 209 g/mol. The number of hydrogen-bond donors (Lipinski definition) is 0. The van der Waals surface area contributed by atoms with E-state index < -0.39 is 0 Å². The highest BCUT2D eigenvalue weighted by molar-refractivity contribution is 6.12. The molecule has 2 rings (SSSR count). The van der Waals surface area contributed by atoms with E-state index in [4.69, 9.17) is 4.74 Å². The molecule has 82 valence electrons. The number of methoxy groups -OCH3 is 1. The normalized spacial score (nSPS) is 22.6. The van der Waals surface area contributed by atoms with Gasteiger partial charge < -0.3 is 4.74 Å². The minimum atomic E-state index is -0.177. The molecule has 1 fully saturated rings. The van der Waals surface area contributed by atoms with Crippen LogP contribution in [0.4, 0.5) is 0 Å². The van der Waals surface area contributed by atoms with E-state index in [1.165, 1.54) is 17.1 Å². The maximum Gasteiger partial charge on any atom is 0.253 e. The number of amides is 2. The summed E-state index contributed by atoms with van der Waals surface area (Å²) in [5, 5.41) is 0. The Hall–Kier alpha value is -1.16. The van der Waals surface area contributed by atoms with Gasteiger partial charge in [0.2, 0.25) is 0 Å². The molecule has 1 heterocycles. The van der Waals surface area contributed by atoms with Crippen molar-refractivity contribution >= 4 is 11.8 Å². The molecule has 0 bridgehead atoms. The predicted molar refractivity (Wildman–Crippen MR) is 54.0 cm³/mol. The van der Waals surface area contributed by atoms with E-state index in [1.54, 1.807) is 7.11 Å². The van der Waals surface area contributed by atoms with Gasteiger partial charge in [0.1, 0.15) is 0 Å². The van der Waals surface area contributed by atoms with Crippen molar-refractivity contribution in [2.45, 2.75) is 19.3 Å². The van der Waals surface area contributed by atoms with Gasteiger partial charge in [-0.2, -0.15) is 0 Å². The summed E-state index contributed by atoms with van der Waals surface area (Å²) < 4.78 is 5.03. The maximum atomic E-state index is 11.4. The van der Waals surface area contributed by atoms with Gasteiger partial charge in [-0.15, -0.1) is 0 Å². The standard InChI is InChI=1S/C11H15NO3/c1-15-7-6-11(4-5-11)8-12-9(13)2-3-10(12)14/h2-3H,4-8H2,1H3. The van der Waals surface area contributed by atoms with E-state index in [-0.39, 0.29) is 17.2 Å². The molecule has 0 atom stereocenters. The molecule has 0 N–H and O–H groups in total. The van der Waals surface area contributed by atoms with Crippen LogP contribution in [-0.4, -0.2) is 37.0 Å². The van der Waals surface area contributed by atoms with Crippen LogP contribution in [0.15, 0.2) is 12.2 Å². The van der Waals surface area contributed by atoms with Gasteiger partial charge in [-0.25, -0.2) is 0 Å². The van der Waals surface area contributed by atoms with Crippen molar-refractivity contribution in [1.82, 2.24) is 4.90 Å². The van der Waals surface area contributed by atoms with E-state index in [9.17, 15) is 9.59 Å². The molecule has 1 saturated carbocycles. The second-order valence-electron chi connectivity index (χ2n) is 4.34. The second kappa shape index (κ2) is 3.77. The Kier molecular flexibility index (Phi) is 2.61. The molecule has 4 heteroatoms. The lowest BCUT2D eigenvalue weighted by Gasteiger charge is -2.21. The van der Waals surface area contributed by atoms with Crippen LogP contribution in [0.1, 0.15) is 19.3 Å². The highest BCUT2D eigenvalue weighted by atomic mass is 16.5.